The monoisotopic (exact) mass is 370 g/mol. The van der Waals surface area contributed by atoms with Crippen LogP contribution in [0.1, 0.15) is 49.7 Å². The molecule has 0 bridgehead atoms. The maximum absolute atomic E-state index is 12.8. The number of nitrogens with zero attached hydrogens (tertiary/aromatic N) is 3. The van der Waals surface area contributed by atoms with Crippen LogP contribution in [0.15, 0.2) is 27.9 Å². The van der Waals surface area contributed by atoms with Gasteiger partial charge in [-0.05, 0) is 17.9 Å². The summed E-state index contributed by atoms with van der Waals surface area (Å²) in [7, 11) is 0. The number of amides is 1. The molecule has 3 heterocycles. The summed E-state index contributed by atoms with van der Waals surface area (Å²) < 4.78 is 1.42. The summed E-state index contributed by atoms with van der Waals surface area (Å²) in [5.74, 6) is 0.0929. The third kappa shape index (κ3) is 3.67. The highest BCUT2D eigenvalue weighted by atomic mass is 16.2. The molecule has 0 atom stereocenters. The molecule has 0 fully saturated rings. The van der Waals surface area contributed by atoms with Crippen molar-refractivity contribution in [2.45, 2.75) is 40.2 Å². The summed E-state index contributed by atoms with van der Waals surface area (Å²) in [6.45, 7) is 8.16. The zero-order chi connectivity index (χ0) is 19.7. The van der Waals surface area contributed by atoms with E-state index in [1.807, 2.05) is 27.7 Å². The van der Waals surface area contributed by atoms with Crippen LogP contribution >= 0.6 is 0 Å². The lowest BCUT2D eigenvalue weighted by Gasteiger charge is -2.15. The van der Waals surface area contributed by atoms with Gasteiger partial charge in [-0.1, -0.05) is 27.7 Å². The first kappa shape index (κ1) is 18.6. The topological polar surface area (TPSA) is 126 Å². The molecule has 0 aliphatic carbocycles. The Morgan fingerprint density at radius 3 is 2.59 bits per heavy atom. The number of fused-ring (bicyclic) bond motifs is 1. The molecule has 3 rings (SSSR count). The minimum Gasteiger partial charge on any atom is -0.307 e. The minimum absolute atomic E-state index is 0.00925. The summed E-state index contributed by atoms with van der Waals surface area (Å²) in [6.07, 6.45) is 1.51. The Hall–Kier alpha value is -3.23. The molecule has 0 saturated heterocycles. The highest BCUT2D eigenvalue weighted by Crippen LogP contribution is 2.21. The predicted molar refractivity (Wildman–Crippen MR) is 102 cm³/mol. The van der Waals surface area contributed by atoms with Crippen LogP contribution in [-0.2, 0) is 6.54 Å². The number of nitrogens with one attached hydrogen (secondary N) is 3. The first-order valence-electron chi connectivity index (χ1n) is 8.76. The molecule has 1 amide bonds. The van der Waals surface area contributed by atoms with Crippen molar-refractivity contribution in [3.8, 4) is 0 Å². The van der Waals surface area contributed by atoms with E-state index < -0.39 is 17.2 Å². The van der Waals surface area contributed by atoms with Gasteiger partial charge in [-0.25, -0.2) is 9.78 Å². The van der Waals surface area contributed by atoms with Crippen LogP contribution in [-0.4, -0.2) is 30.6 Å². The number of aromatic amines is 2. The molecule has 0 aromatic carbocycles. The fraction of sp³-hybridized carbons (Fsp3) is 0.389. The van der Waals surface area contributed by atoms with E-state index >= 15 is 0 Å². The van der Waals surface area contributed by atoms with Crippen LogP contribution in [0.2, 0.25) is 0 Å². The van der Waals surface area contributed by atoms with E-state index in [4.69, 9.17) is 0 Å². The van der Waals surface area contributed by atoms with Crippen molar-refractivity contribution in [1.29, 1.82) is 0 Å². The van der Waals surface area contributed by atoms with Crippen molar-refractivity contribution < 1.29 is 4.79 Å². The van der Waals surface area contributed by atoms with Gasteiger partial charge in [0.05, 0.1) is 17.1 Å². The van der Waals surface area contributed by atoms with Crippen LogP contribution in [0, 0.1) is 5.92 Å². The molecule has 3 N–H and O–H groups in total. The lowest BCUT2D eigenvalue weighted by molar-refractivity contribution is 0.102. The van der Waals surface area contributed by atoms with Crippen molar-refractivity contribution in [2.75, 3.05) is 5.32 Å². The Morgan fingerprint density at radius 1 is 1.26 bits per heavy atom. The second-order valence-electron chi connectivity index (χ2n) is 7.14. The van der Waals surface area contributed by atoms with E-state index in [1.165, 1.54) is 10.8 Å². The summed E-state index contributed by atoms with van der Waals surface area (Å²) >= 11 is 0. The van der Waals surface area contributed by atoms with Crippen molar-refractivity contribution in [3.05, 3.63) is 50.4 Å². The Kier molecular flexibility index (Phi) is 4.93. The Labute approximate surface area is 154 Å². The maximum Gasteiger partial charge on any atom is 0.330 e. The molecule has 27 heavy (non-hydrogen) atoms. The fourth-order valence-electron chi connectivity index (χ4n) is 2.82. The van der Waals surface area contributed by atoms with E-state index in [-0.39, 0.29) is 28.4 Å². The Bertz CT molecular complexity index is 1090. The molecular formula is C18H22N6O3. The molecule has 0 unspecified atom stereocenters. The predicted octanol–water partition coefficient (Wildman–Crippen LogP) is 1.84. The Morgan fingerprint density at radius 2 is 2.00 bits per heavy atom. The van der Waals surface area contributed by atoms with Crippen molar-refractivity contribution in [1.82, 2.24) is 24.7 Å². The number of hydrogen-bond donors (Lipinski definition) is 3. The summed E-state index contributed by atoms with van der Waals surface area (Å²) in [5, 5.41) is 9.20. The van der Waals surface area contributed by atoms with E-state index in [2.05, 4.69) is 25.5 Å². The SMILES string of the molecule is CC(C)Cn1c(=O)[nH]c(=O)c2c(C(=O)Nc3ccn[nH]3)cc(C(C)C)nc21. The quantitative estimate of drug-likeness (QED) is 0.632. The minimum atomic E-state index is -0.632. The van der Waals surface area contributed by atoms with Gasteiger partial charge < -0.3 is 5.32 Å². The van der Waals surface area contributed by atoms with Gasteiger partial charge in [0, 0.05) is 18.3 Å². The first-order chi connectivity index (χ1) is 12.8. The molecule has 9 heteroatoms. The average molecular weight is 370 g/mol. The molecule has 0 spiro atoms. The highest BCUT2D eigenvalue weighted by Gasteiger charge is 2.21. The van der Waals surface area contributed by atoms with E-state index in [0.717, 1.165) is 0 Å². The largest absolute Gasteiger partial charge is 0.330 e. The van der Waals surface area contributed by atoms with Crippen LogP contribution in [0.25, 0.3) is 11.0 Å². The molecule has 9 nitrogen and oxygen atoms in total. The Balaban J connectivity index is 2.30. The smallest absolute Gasteiger partial charge is 0.307 e. The number of pyridine rings is 1. The average Bonchev–Trinajstić information content (AvgIpc) is 3.10. The third-order valence-electron chi connectivity index (χ3n) is 4.10. The van der Waals surface area contributed by atoms with E-state index in [9.17, 15) is 14.4 Å². The third-order valence-corrected chi connectivity index (χ3v) is 4.10. The molecule has 142 valence electrons. The van der Waals surface area contributed by atoms with Crippen molar-refractivity contribution >= 4 is 22.8 Å². The van der Waals surface area contributed by atoms with Gasteiger partial charge in [-0.2, -0.15) is 5.10 Å². The van der Waals surface area contributed by atoms with Gasteiger partial charge in [0.2, 0.25) is 0 Å². The number of aromatic nitrogens is 5. The van der Waals surface area contributed by atoms with Crippen molar-refractivity contribution in [3.63, 3.8) is 0 Å². The number of anilines is 1. The van der Waals surface area contributed by atoms with Crippen LogP contribution in [0.3, 0.4) is 0 Å². The zero-order valence-electron chi connectivity index (χ0n) is 15.7. The molecule has 3 aromatic heterocycles. The number of H-pyrrole nitrogens is 2. The van der Waals surface area contributed by atoms with Gasteiger partial charge >= 0.3 is 5.69 Å². The molecule has 0 aliphatic heterocycles. The maximum atomic E-state index is 12.8. The van der Waals surface area contributed by atoms with Crippen LogP contribution in [0.4, 0.5) is 5.82 Å². The standard InChI is InChI=1S/C18H22N6O3/c1-9(2)8-24-15-14(17(26)22-18(24)27)11(7-12(20-15)10(3)4)16(25)21-13-5-6-19-23-13/h5-7,9-10H,8H2,1-4H3,(H,22,26,27)(H2,19,21,23,25). The summed E-state index contributed by atoms with van der Waals surface area (Å²) in [6, 6.07) is 3.20. The number of carbonyl (C=O) groups excluding carboxylic acids is 1. The zero-order valence-corrected chi connectivity index (χ0v) is 15.7. The summed E-state index contributed by atoms with van der Waals surface area (Å²) in [5.41, 5.74) is -0.155. The van der Waals surface area contributed by atoms with Gasteiger partial charge in [0.1, 0.15) is 5.82 Å². The number of hydrogen-bond acceptors (Lipinski definition) is 5. The van der Waals surface area contributed by atoms with Gasteiger partial charge in [-0.3, -0.25) is 24.2 Å². The molecule has 0 radical (unpaired) electrons. The normalized spacial score (nSPS) is 11.5. The number of carbonyl (C=O) groups is 1. The molecule has 0 saturated carbocycles. The van der Waals surface area contributed by atoms with Crippen LogP contribution in [0.5, 0.6) is 0 Å². The second kappa shape index (κ2) is 7.18. The second-order valence-corrected chi connectivity index (χ2v) is 7.14. The lowest BCUT2D eigenvalue weighted by Crippen LogP contribution is -2.33. The molecular weight excluding hydrogens is 348 g/mol. The van der Waals surface area contributed by atoms with E-state index in [1.54, 1.807) is 12.1 Å². The lowest BCUT2D eigenvalue weighted by atomic mass is 10.0. The van der Waals surface area contributed by atoms with Gasteiger partial charge in [0.15, 0.2) is 5.65 Å². The highest BCUT2D eigenvalue weighted by molar-refractivity contribution is 6.11. The fourth-order valence-corrected chi connectivity index (χ4v) is 2.82. The molecule has 0 aliphatic rings. The summed E-state index contributed by atoms with van der Waals surface area (Å²) in [4.78, 5) is 44.6. The molecule has 3 aromatic rings. The van der Waals surface area contributed by atoms with Crippen LogP contribution < -0.4 is 16.6 Å². The first-order valence-corrected chi connectivity index (χ1v) is 8.76. The van der Waals surface area contributed by atoms with E-state index in [0.29, 0.717) is 18.1 Å². The van der Waals surface area contributed by atoms with Gasteiger partial charge in [-0.15, -0.1) is 0 Å². The number of rotatable bonds is 5. The van der Waals surface area contributed by atoms with Gasteiger partial charge in [0.25, 0.3) is 11.5 Å². The van der Waals surface area contributed by atoms with Crippen molar-refractivity contribution in [2.24, 2.45) is 5.92 Å².